The Kier molecular flexibility index (Phi) is 5.17. The van der Waals surface area contributed by atoms with E-state index in [0.29, 0.717) is 0 Å². The average molecular weight is 297 g/mol. The fourth-order valence-corrected chi connectivity index (χ4v) is 1.35. The summed E-state index contributed by atoms with van der Waals surface area (Å²) in [6.07, 6.45) is 0. The number of urea groups is 1. The van der Waals surface area contributed by atoms with Crippen LogP contribution in [0.2, 0.25) is 0 Å². The number of benzene rings is 1. The molecule has 0 spiro atoms. The molecule has 10 nitrogen and oxygen atoms in total. The molecule has 1 rings (SSSR count). The summed E-state index contributed by atoms with van der Waals surface area (Å²) in [5.41, 5.74) is 4.13. The lowest BCUT2D eigenvalue weighted by Gasteiger charge is -2.06. The van der Waals surface area contributed by atoms with E-state index in [4.69, 9.17) is 10.5 Å². The predicted octanol–water partition coefficient (Wildman–Crippen LogP) is -0.0449. The first kappa shape index (κ1) is 15.9. The minimum Gasteiger partial charge on any atom is -0.490 e. The molecule has 1 aromatic carbocycles. The van der Waals surface area contributed by atoms with E-state index in [1.807, 2.05) is 0 Å². The van der Waals surface area contributed by atoms with Gasteiger partial charge in [-0.2, -0.15) is 0 Å². The number of esters is 1. The maximum Gasteiger partial charge on any atom is 0.338 e. The van der Waals surface area contributed by atoms with Gasteiger partial charge in [0.15, 0.2) is 12.4 Å². The first-order valence-corrected chi connectivity index (χ1v) is 5.44. The lowest BCUT2D eigenvalue weighted by atomic mass is 10.2. The zero-order valence-corrected chi connectivity index (χ0v) is 10.8. The number of hydrogen-bond donors (Lipinski definition) is 2. The highest BCUT2D eigenvalue weighted by Gasteiger charge is 2.19. The Labute approximate surface area is 118 Å². The zero-order chi connectivity index (χ0) is 16.0. The number of carbonyl (C=O) groups excluding carboxylic acids is 3. The average Bonchev–Trinajstić information content (AvgIpc) is 2.43. The van der Waals surface area contributed by atoms with E-state index in [2.05, 4.69) is 4.74 Å². The fraction of sp³-hybridized carbons (Fsp3) is 0.182. The lowest BCUT2D eigenvalue weighted by molar-refractivity contribution is -0.385. The zero-order valence-electron chi connectivity index (χ0n) is 10.8. The second-order valence-electron chi connectivity index (χ2n) is 3.63. The molecule has 0 aromatic heterocycles. The van der Waals surface area contributed by atoms with E-state index in [1.54, 1.807) is 5.32 Å². The first-order chi connectivity index (χ1) is 9.85. The van der Waals surface area contributed by atoms with Gasteiger partial charge >= 0.3 is 17.7 Å². The molecule has 21 heavy (non-hydrogen) atoms. The van der Waals surface area contributed by atoms with Crippen LogP contribution in [0.4, 0.5) is 10.5 Å². The number of imide groups is 1. The molecule has 1 aromatic rings. The first-order valence-electron chi connectivity index (χ1n) is 5.44. The van der Waals surface area contributed by atoms with Crippen molar-refractivity contribution in [2.24, 2.45) is 5.73 Å². The number of nitrogens with one attached hydrogen (secondary N) is 1. The largest absolute Gasteiger partial charge is 0.490 e. The highest BCUT2D eigenvalue weighted by atomic mass is 16.6. The summed E-state index contributed by atoms with van der Waals surface area (Å²) in [6, 6.07) is 2.32. The van der Waals surface area contributed by atoms with Crippen molar-refractivity contribution in [3.63, 3.8) is 0 Å². The fourth-order valence-electron chi connectivity index (χ4n) is 1.35. The van der Waals surface area contributed by atoms with Gasteiger partial charge in [0.1, 0.15) is 0 Å². The molecule has 0 heterocycles. The van der Waals surface area contributed by atoms with Crippen molar-refractivity contribution in [1.29, 1.82) is 0 Å². The Morgan fingerprint density at radius 3 is 2.57 bits per heavy atom. The van der Waals surface area contributed by atoms with Crippen LogP contribution in [0.25, 0.3) is 0 Å². The van der Waals surface area contributed by atoms with Gasteiger partial charge in [-0.05, 0) is 12.1 Å². The highest BCUT2D eigenvalue weighted by molar-refractivity contribution is 5.96. The second kappa shape index (κ2) is 6.84. The van der Waals surface area contributed by atoms with Crippen LogP contribution < -0.4 is 15.8 Å². The molecule has 0 radical (unpaired) electrons. The lowest BCUT2D eigenvalue weighted by Crippen LogP contribution is -2.37. The maximum atomic E-state index is 11.6. The van der Waals surface area contributed by atoms with Crippen molar-refractivity contribution in [3.05, 3.63) is 33.9 Å². The summed E-state index contributed by atoms with van der Waals surface area (Å²) in [6.45, 7) is -0.748. The van der Waals surface area contributed by atoms with E-state index < -0.39 is 35.1 Å². The number of nitro groups is 1. The summed E-state index contributed by atoms with van der Waals surface area (Å²) in [5.74, 6) is -1.91. The minimum absolute atomic E-state index is 0.0250. The molecule has 10 heteroatoms. The quantitative estimate of drug-likeness (QED) is 0.439. The molecule has 0 unspecified atom stereocenters. The standard InChI is InChI=1S/C11H11N3O7/c1-20-8-3-2-6(4-7(8)14(18)19)10(16)21-5-9(15)13-11(12)17/h2-4H,5H2,1H3,(H3,12,13,15,17). The SMILES string of the molecule is COc1ccc(C(=O)OCC(=O)NC(N)=O)cc1[N+](=O)[O-]. The third kappa shape index (κ3) is 4.45. The van der Waals surface area contributed by atoms with Crippen molar-refractivity contribution >= 4 is 23.6 Å². The molecule has 0 atom stereocenters. The normalized spacial score (nSPS) is 9.57. The molecule has 0 bridgehead atoms. The summed E-state index contributed by atoms with van der Waals surface area (Å²) in [4.78, 5) is 43.1. The van der Waals surface area contributed by atoms with Crippen molar-refractivity contribution in [1.82, 2.24) is 5.32 Å². The number of nitrogens with zero attached hydrogens (tertiary/aromatic N) is 1. The summed E-state index contributed by atoms with van der Waals surface area (Å²) < 4.78 is 9.35. The Hall–Kier alpha value is -3.17. The summed E-state index contributed by atoms with van der Waals surface area (Å²) in [5, 5.41) is 12.5. The molecule has 0 saturated carbocycles. The smallest absolute Gasteiger partial charge is 0.338 e. The molecule has 0 aliphatic carbocycles. The van der Waals surface area contributed by atoms with E-state index in [0.717, 1.165) is 6.07 Å². The number of primary amides is 1. The Balaban J connectivity index is 2.79. The number of amides is 3. The van der Waals surface area contributed by atoms with Gasteiger partial charge in [-0.1, -0.05) is 0 Å². The van der Waals surface area contributed by atoms with Gasteiger partial charge in [-0.15, -0.1) is 0 Å². The van der Waals surface area contributed by atoms with Gasteiger partial charge in [0, 0.05) is 6.07 Å². The number of methoxy groups -OCH3 is 1. The number of nitrogens with two attached hydrogens (primary N) is 1. The number of hydrogen-bond acceptors (Lipinski definition) is 7. The van der Waals surface area contributed by atoms with Crippen LogP contribution in [0.15, 0.2) is 18.2 Å². The minimum atomic E-state index is -1.09. The van der Waals surface area contributed by atoms with Gasteiger partial charge in [0.2, 0.25) is 0 Å². The van der Waals surface area contributed by atoms with E-state index in [9.17, 15) is 24.5 Å². The number of rotatable bonds is 5. The van der Waals surface area contributed by atoms with Gasteiger partial charge < -0.3 is 15.2 Å². The van der Waals surface area contributed by atoms with E-state index >= 15 is 0 Å². The third-order valence-electron chi connectivity index (χ3n) is 2.21. The predicted molar refractivity (Wildman–Crippen MR) is 67.7 cm³/mol. The molecular formula is C11H11N3O7. The number of ether oxygens (including phenoxy) is 2. The van der Waals surface area contributed by atoms with Gasteiger partial charge in [-0.25, -0.2) is 9.59 Å². The molecule has 3 amide bonds. The molecule has 0 aliphatic heterocycles. The second-order valence-corrected chi connectivity index (χ2v) is 3.63. The van der Waals surface area contributed by atoms with Gasteiger partial charge in [0.25, 0.3) is 5.91 Å². The Morgan fingerprint density at radius 2 is 2.05 bits per heavy atom. The number of carbonyl (C=O) groups is 3. The molecular weight excluding hydrogens is 286 g/mol. The monoisotopic (exact) mass is 297 g/mol. The van der Waals surface area contributed by atoms with Gasteiger partial charge in [-0.3, -0.25) is 20.2 Å². The van der Waals surface area contributed by atoms with Crippen molar-refractivity contribution in [3.8, 4) is 5.75 Å². The van der Waals surface area contributed by atoms with Crippen molar-refractivity contribution in [2.45, 2.75) is 0 Å². The number of nitro benzene ring substituents is 1. The van der Waals surface area contributed by atoms with Crippen LogP contribution in [0, 0.1) is 10.1 Å². The molecule has 112 valence electrons. The summed E-state index contributed by atoms with van der Waals surface area (Å²) in [7, 11) is 1.24. The van der Waals surface area contributed by atoms with E-state index in [1.165, 1.54) is 19.2 Å². The van der Waals surface area contributed by atoms with Gasteiger partial charge in [0.05, 0.1) is 17.6 Å². The van der Waals surface area contributed by atoms with Crippen molar-refractivity contribution in [2.75, 3.05) is 13.7 Å². The van der Waals surface area contributed by atoms with Crippen molar-refractivity contribution < 1.29 is 28.8 Å². The Bertz CT molecular complexity index is 599. The maximum absolute atomic E-state index is 11.6. The Morgan fingerprint density at radius 1 is 1.38 bits per heavy atom. The highest BCUT2D eigenvalue weighted by Crippen LogP contribution is 2.27. The van der Waals surface area contributed by atoms with Crippen LogP contribution in [0.1, 0.15) is 10.4 Å². The molecule has 3 N–H and O–H groups in total. The third-order valence-corrected chi connectivity index (χ3v) is 2.21. The van der Waals surface area contributed by atoms with Crippen LogP contribution >= 0.6 is 0 Å². The van der Waals surface area contributed by atoms with Crippen LogP contribution in [0.3, 0.4) is 0 Å². The topological polar surface area (TPSA) is 151 Å². The van der Waals surface area contributed by atoms with Crippen LogP contribution in [0.5, 0.6) is 5.75 Å². The van der Waals surface area contributed by atoms with E-state index in [-0.39, 0.29) is 11.3 Å². The molecule has 0 fully saturated rings. The van der Waals surface area contributed by atoms with Crippen LogP contribution in [-0.4, -0.2) is 36.5 Å². The van der Waals surface area contributed by atoms with Crippen LogP contribution in [-0.2, 0) is 9.53 Å². The molecule has 0 saturated heterocycles. The summed E-state index contributed by atoms with van der Waals surface area (Å²) >= 11 is 0. The molecule has 0 aliphatic rings.